The van der Waals surface area contributed by atoms with Crippen LogP contribution in [0.25, 0.3) is 10.2 Å². The number of hydrogen-bond acceptors (Lipinski definition) is 8. The number of carbonyl (C=O) groups is 1. The molecule has 2 aliphatic rings. The zero-order valence-corrected chi connectivity index (χ0v) is 20.7. The number of likely N-dealkylation sites (N-methyl/N-ethyl adjacent to an activating group) is 1. The summed E-state index contributed by atoms with van der Waals surface area (Å²) in [6.07, 6.45) is 5.86. The number of ether oxygens (including phenoxy) is 2. The van der Waals surface area contributed by atoms with E-state index in [9.17, 15) is 4.79 Å². The van der Waals surface area contributed by atoms with Crippen LogP contribution < -0.4 is 10.1 Å². The van der Waals surface area contributed by atoms with E-state index in [2.05, 4.69) is 26.3 Å². The summed E-state index contributed by atoms with van der Waals surface area (Å²) >= 11 is 1.67. The molecule has 1 amide bonds. The second kappa shape index (κ2) is 9.31. The third kappa shape index (κ3) is 4.03. The topological polar surface area (TPSA) is 88.9 Å². The molecule has 0 saturated carbocycles. The van der Waals surface area contributed by atoms with Crippen LogP contribution in [-0.2, 0) is 28.9 Å². The van der Waals surface area contributed by atoms with Crippen molar-refractivity contribution in [2.75, 3.05) is 33.2 Å². The minimum atomic E-state index is -0.0228. The summed E-state index contributed by atoms with van der Waals surface area (Å²) in [5.74, 6) is 1.69. The molecule has 0 spiro atoms. The van der Waals surface area contributed by atoms with Gasteiger partial charge in [-0.05, 0) is 55.0 Å². The number of nitrogens with zero attached hydrogens (tertiary/aromatic N) is 4. The number of amides is 1. The van der Waals surface area contributed by atoms with Crippen molar-refractivity contribution < 1.29 is 14.3 Å². The molecule has 0 bridgehead atoms. The summed E-state index contributed by atoms with van der Waals surface area (Å²) in [4.78, 5) is 30.6. The lowest BCUT2D eigenvalue weighted by atomic mass is 9.86. The largest absolute Gasteiger partial charge is 0.495 e. The van der Waals surface area contributed by atoms with Gasteiger partial charge in [0.2, 0.25) is 5.91 Å². The molecular weight excluding hydrogens is 450 g/mol. The second-order valence-electron chi connectivity index (χ2n) is 8.95. The Labute approximate surface area is 203 Å². The Kier molecular flexibility index (Phi) is 6.22. The Balaban J connectivity index is 1.44. The number of nitrogens with one attached hydrogen (secondary N) is 1. The number of benzene rings is 1. The van der Waals surface area contributed by atoms with Crippen molar-refractivity contribution in [1.29, 1.82) is 0 Å². The molecule has 3 aromatic rings. The number of thiophene rings is 1. The maximum atomic E-state index is 13.1. The highest BCUT2D eigenvalue weighted by Gasteiger charge is 2.32. The Morgan fingerprint density at radius 3 is 2.97 bits per heavy atom. The van der Waals surface area contributed by atoms with E-state index in [1.54, 1.807) is 31.9 Å². The van der Waals surface area contributed by atoms with Gasteiger partial charge in [0.25, 0.3) is 0 Å². The molecule has 1 aromatic carbocycles. The van der Waals surface area contributed by atoms with Crippen molar-refractivity contribution >= 4 is 45.2 Å². The highest BCUT2D eigenvalue weighted by Crippen LogP contribution is 2.42. The first-order valence-corrected chi connectivity index (χ1v) is 12.3. The van der Waals surface area contributed by atoms with Crippen LogP contribution in [0.2, 0.25) is 0 Å². The summed E-state index contributed by atoms with van der Waals surface area (Å²) in [5.41, 5.74) is 4.35. The van der Waals surface area contributed by atoms with Gasteiger partial charge in [0.15, 0.2) is 0 Å². The molecule has 9 heteroatoms. The lowest BCUT2D eigenvalue weighted by molar-refractivity contribution is -0.137. The summed E-state index contributed by atoms with van der Waals surface area (Å²) in [6, 6.07) is 4.14. The Hall–Kier alpha value is -3.04. The van der Waals surface area contributed by atoms with Crippen molar-refractivity contribution in [3.05, 3.63) is 40.0 Å². The second-order valence-corrected chi connectivity index (χ2v) is 10.0. The van der Waals surface area contributed by atoms with Gasteiger partial charge >= 0.3 is 0 Å². The van der Waals surface area contributed by atoms with Crippen LogP contribution in [0.15, 0.2) is 23.5 Å². The zero-order valence-electron chi connectivity index (χ0n) is 19.9. The minimum Gasteiger partial charge on any atom is -0.495 e. The summed E-state index contributed by atoms with van der Waals surface area (Å²) in [5, 5.41) is 4.54. The van der Waals surface area contributed by atoms with Gasteiger partial charge in [0.1, 0.15) is 22.7 Å². The van der Waals surface area contributed by atoms with Crippen LogP contribution in [0.5, 0.6) is 5.75 Å². The highest BCUT2D eigenvalue weighted by atomic mass is 32.1. The number of carbonyl (C=O) groups excluding carboxylic acids is 1. The monoisotopic (exact) mass is 479 g/mol. The van der Waals surface area contributed by atoms with E-state index in [0.717, 1.165) is 57.9 Å². The van der Waals surface area contributed by atoms with Crippen molar-refractivity contribution in [3.8, 4) is 5.75 Å². The van der Waals surface area contributed by atoms with Crippen molar-refractivity contribution in [3.63, 3.8) is 0 Å². The number of aryl methyl sites for hydroxylation is 1. The predicted octanol–water partition coefficient (Wildman–Crippen LogP) is 3.97. The molecule has 0 unspecified atom stereocenters. The van der Waals surface area contributed by atoms with Crippen LogP contribution in [-0.4, -0.2) is 60.9 Å². The molecule has 178 valence electrons. The van der Waals surface area contributed by atoms with E-state index in [4.69, 9.17) is 9.47 Å². The molecule has 0 radical (unpaired) electrons. The average Bonchev–Trinajstić information content (AvgIpc) is 3.46. The number of fused-ring (bicyclic) bond motifs is 4. The van der Waals surface area contributed by atoms with E-state index >= 15 is 0 Å². The fourth-order valence-corrected chi connectivity index (χ4v) is 6.07. The summed E-state index contributed by atoms with van der Waals surface area (Å²) in [7, 11) is 5.21. The average molecular weight is 480 g/mol. The van der Waals surface area contributed by atoms with E-state index in [1.165, 1.54) is 10.4 Å². The highest BCUT2D eigenvalue weighted by molar-refractivity contribution is 7.19. The minimum absolute atomic E-state index is 0.0228. The third-order valence-electron chi connectivity index (χ3n) is 6.82. The number of rotatable bonds is 7. The Morgan fingerprint density at radius 2 is 2.18 bits per heavy atom. The van der Waals surface area contributed by atoms with E-state index in [-0.39, 0.29) is 17.9 Å². The third-order valence-corrected chi connectivity index (χ3v) is 7.98. The van der Waals surface area contributed by atoms with Crippen molar-refractivity contribution in [2.45, 2.75) is 38.8 Å². The molecule has 8 nitrogen and oxygen atoms in total. The van der Waals surface area contributed by atoms with Crippen LogP contribution in [0.3, 0.4) is 0 Å². The number of aliphatic imine (C=N–C) groups is 1. The zero-order chi connectivity index (χ0) is 23.8. The molecule has 2 aromatic heterocycles. The molecule has 34 heavy (non-hydrogen) atoms. The molecule has 0 saturated heterocycles. The van der Waals surface area contributed by atoms with Crippen LogP contribution in [0, 0.1) is 5.92 Å². The predicted molar refractivity (Wildman–Crippen MR) is 135 cm³/mol. The van der Waals surface area contributed by atoms with Gasteiger partial charge in [-0.15, -0.1) is 11.3 Å². The van der Waals surface area contributed by atoms with Gasteiger partial charge in [-0.25, -0.2) is 9.97 Å². The number of hydrogen-bond donors (Lipinski definition) is 1. The SMILES string of the molecule is COC[C@H](C)N(C)C(=O)[C@H]1CCc2c(sc3ncnc(Nc4cc5c(cc4OC)CN=C5)c23)C1. The van der Waals surface area contributed by atoms with Gasteiger partial charge < -0.3 is 19.7 Å². The molecule has 2 atom stereocenters. The van der Waals surface area contributed by atoms with Crippen LogP contribution in [0.1, 0.15) is 34.9 Å². The van der Waals surface area contributed by atoms with E-state index < -0.39 is 0 Å². The lowest BCUT2D eigenvalue weighted by Crippen LogP contribution is -2.42. The normalized spacial score (nSPS) is 17.4. The maximum Gasteiger partial charge on any atom is 0.226 e. The quantitative estimate of drug-likeness (QED) is 0.552. The molecule has 0 fully saturated rings. The van der Waals surface area contributed by atoms with Crippen molar-refractivity contribution in [2.24, 2.45) is 10.9 Å². The van der Waals surface area contributed by atoms with Gasteiger partial charge in [0, 0.05) is 31.2 Å². The van der Waals surface area contributed by atoms with Gasteiger partial charge in [-0.3, -0.25) is 9.79 Å². The van der Waals surface area contributed by atoms with E-state index in [0.29, 0.717) is 13.2 Å². The molecule has 1 aliphatic heterocycles. The van der Waals surface area contributed by atoms with Gasteiger partial charge in [-0.2, -0.15) is 0 Å². The summed E-state index contributed by atoms with van der Waals surface area (Å²) in [6.45, 7) is 3.23. The van der Waals surface area contributed by atoms with Gasteiger partial charge in [0.05, 0.1) is 37.4 Å². The molecule has 1 N–H and O–H groups in total. The first-order chi connectivity index (χ1) is 16.5. The molecule has 3 heterocycles. The van der Waals surface area contributed by atoms with E-state index in [1.807, 2.05) is 31.2 Å². The molecule has 5 rings (SSSR count). The van der Waals surface area contributed by atoms with Gasteiger partial charge in [-0.1, -0.05) is 0 Å². The summed E-state index contributed by atoms with van der Waals surface area (Å²) < 4.78 is 10.9. The number of methoxy groups -OCH3 is 2. The maximum absolute atomic E-state index is 13.1. The number of anilines is 2. The fraction of sp³-hybridized carbons (Fsp3) is 0.440. The van der Waals surface area contributed by atoms with Crippen LogP contribution >= 0.6 is 11.3 Å². The molecule has 1 aliphatic carbocycles. The first-order valence-electron chi connectivity index (χ1n) is 11.5. The first kappa shape index (κ1) is 22.7. The Morgan fingerprint density at radius 1 is 1.32 bits per heavy atom. The fourth-order valence-electron chi connectivity index (χ4n) is 4.81. The number of aromatic nitrogens is 2. The lowest BCUT2D eigenvalue weighted by Gasteiger charge is -2.30. The standard InChI is InChI=1S/C25H29N5O3S/c1-14(12-32-3)30(2)25(31)15-5-6-18-21(9-15)34-24-22(18)23(27-13-28-24)29-19-7-16-10-26-11-17(16)8-20(19)33-4/h7-8,10,13-15H,5-6,9,11-12H2,1-4H3,(H,27,28,29)/t14-,15-/m0/s1. The Bertz CT molecular complexity index is 1270. The smallest absolute Gasteiger partial charge is 0.226 e. The molecular formula is C25H29N5O3S. The van der Waals surface area contributed by atoms with Crippen LogP contribution in [0.4, 0.5) is 11.5 Å². The van der Waals surface area contributed by atoms with Crippen molar-refractivity contribution in [1.82, 2.24) is 14.9 Å².